The van der Waals surface area contributed by atoms with Gasteiger partial charge in [-0.15, -0.1) is 0 Å². The first-order valence-electron chi connectivity index (χ1n) is 5.78. The number of halogens is 2. The summed E-state index contributed by atoms with van der Waals surface area (Å²) in [5.41, 5.74) is 1.68. The Hall–Kier alpha value is -2.19. The normalized spacial score (nSPS) is 9.90. The highest BCUT2D eigenvalue weighted by molar-refractivity contribution is 9.10. The quantitative estimate of drug-likeness (QED) is 0.902. The molecule has 0 spiro atoms. The van der Waals surface area contributed by atoms with E-state index in [1.807, 2.05) is 13.0 Å². The molecule has 2 aromatic rings. The van der Waals surface area contributed by atoms with Crippen molar-refractivity contribution >= 4 is 27.5 Å². The highest BCUT2D eigenvalue weighted by Gasteiger charge is 2.11. The summed E-state index contributed by atoms with van der Waals surface area (Å²) in [6.45, 7) is 1.91. The molecule has 2 rings (SSSR count). The number of nitrogens with one attached hydrogen (secondary N) is 1. The average molecular weight is 333 g/mol. The lowest BCUT2D eigenvalue weighted by Crippen LogP contribution is -2.13. The van der Waals surface area contributed by atoms with Crippen LogP contribution in [0.25, 0.3) is 0 Å². The lowest BCUT2D eigenvalue weighted by atomic mass is 10.1. The fourth-order valence-electron chi connectivity index (χ4n) is 1.61. The molecule has 0 atom stereocenters. The van der Waals surface area contributed by atoms with Crippen LogP contribution in [0.15, 0.2) is 40.9 Å². The van der Waals surface area contributed by atoms with Crippen molar-refractivity contribution in [1.29, 1.82) is 5.26 Å². The largest absolute Gasteiger partial charge is 0.319 e. The van der Waals surface area contributed by atoms with Crippen LogP contribution in [-0.2, 0) is 0 Å². The van der Waals surface area contributed by atoms with Crippen molar-refractivity contribution in [2.45, 2.75) is 6.92 Å². The van der Waals surface area contributed by atoms with Gasteiger partial charge in [-0.3, -0.25) is 4.79 Å². The van der Waals surface area contributed by atoms with Crippen LogP contribution < -0.4 is 5.32 Å². The number of rotatable bonds is 2. The van der Waals surface area contributed by atoms with Crippen molar-refractivity contribution < 1.29 is 9.18 Å². The van der Waals surface area contributed by atoms with Gasteiger partial charge in [0.25, 0.3) is 5.91 Å². The van der Waals surface area contributed by atoms with Gasteiger partial charge in [0.15, 0.2) is 0 Å². The van der Waals surface area contributed by atoms with E-state index >= 15 is 0 Å². The Morgan fingerprint density at radius 1 is 1.30 bits per heavy atom. The molecule has 0 heterocycles. The monoisotopic (exact) mass is 332 g/mol. The van der Waals surface area contributed by atoms with Crippen LogP contribution in [0.1, 0.15) is 21.5 Å². The molecule has 100 valence electrons. The second-order valence-electron chi connectivity index (χ2n) is 4.22. The minimum absolute atomic E-state index is 0.0469. The molecule has 0 unspecified atom stereocenters. The van der Waals surface area contributed by atoms with Gasteiger partial charge in [-0.25, -0.2) is 4.39 Å². The Morgan fingerprint density at radius 3 is 2.65 bits per heavy atom. The van der Waals surface area contributed by atoms with E-state index in [0.29, 0.717) is 5.56 Å². The molecule has 1 amide bonds. The van der Waals surface area contributed by atoms with Gasteiger partial charge in [-0.2, -0.15) is 5.26 Å². The van der Waals surface area contributed by atoms with Crippen LogP contribution in [0.3, 0.4) is 0 Å². The molecule has 5 heteroatoms. The lowest BCUT2D eigenvalue weighted by Gasteiger charge is -2.07. The number of hydrogen-bond donors (Lipinski definition) is 1. The smallest absolute Gasteiger partial charge is 0.255 e. The van der Waals surface area contributed by atoms with Crippen molar-refractivity contribution in [3.8, 4) is 6.07 Å². The van der Waals surface area contributed by atoms with Crippen LogP contribution >= 0.6 is 15.9 Å². The maximum atomic E-state index is 13.7. The zero-order valence-corrected chi connectivity index (χ0v) is 12.2. The standard InChI is InChI=1S/C15H10BrFN2O/c1-9-2-4-11(7-12(9)16)15(20)19-14-5-3-10(8-18)6-13(14)17/h2-7H,1H3,(H,19,20). The van der Waals surface area contributed by atoms with Crippen LogP contribution in [0, 0.1) is 24.1 Å². The maximum absolute atomic E-state index is 13.7. The second kappa shape index (κ2) is 5.85. The summed E-state index contributed by atoms with van der Waals surface area (Å²) in [5.74, 6) is -1.04. The van der Waals surface area contributed by atoms with Crippen molar-refractivity contribution in [2.24, 2.45) is 0 Å². The summed E-state index contributed by atoms with van der Waals surface area (Å²) in [6, 6.07) is 10.9. The number of nitriles is 1. The summed E-state index contributed by atoms with van der Waals surface area (Å²) >= 11 is 3.34. The molecule has 0 aliphatic carbocycles. The third-order valence-corrected chi connectivity index (χ3v) is 3.63. The molecule has 0 aromatic heterocycles. The summed E-state index contributed by atoms with van der Waals surface area (Å²) in [6.07, 6.45) is 0. The minimum Gasteiger partial charge on any atom is -0.319 e. The Labute approximate surface area is 124 Å². The molecular weight excluding hydrogens is 323 g/mol. The van der Waals surface area contributed by atoms with Gasteiger partial charge in [-0.05, 0) is 42.8 Å². The van der Waals surface area contributed by atoms with Gasteiger partial charge in [0.2, 0.25) is 0 Å². The van der Waals surface area contributed by atoms with Crippen molar-refractivity contribution in [1.82, 2.24) is 0 Å². The highest BCUT2D eigenvalue weighted by atomic mass is 79.9. The predicted molar refractivity (Wildman–Crippen MR) is 77.9 cm³/mol. The minimum atomic E-state index is -0.636. The number of hydrogen-bond acceptors (Lipinski definition) is 2. The Morgan fingerprint density at radius 2 is 2.05 bits per heavy atom. The zero-order chi connectivity index (χ0) is 14.7. The van der Waals surface area contributed by atoms with Crippen LogP contribution in [0.4, 0.5) is 10.1 Å². The van der Waals surface area contributed by atoms with E-state index in [2.05, 4.69) is 21.2 Å². The number of anilines is 1. The number of nitrogens with zero attached hydrogens (tertiary/aromatic N) is 1. The first kappa shape index (κ1) is 14.2. The molecule has 1 N–H and O–H groups in total. The highest BCUT2D eigenvalue weighted by Crippen LogP contribution is 2.20. The first-order valence-corrected chi connectivity index (χ1v) is 6.57. The third kappa shape index (κ3) is 3.03. The Bertz CT molecular complexity index is 722. The predicted octanol–water partition coefficient (Wildman–Crippen LogP) is 4.02. The van der Waals surface area contributed by atoms with Crippen molar-refractivity contribution in [2.75, 3.05) is 5.32 Å². The molecule has 0 aliphatic rings. The third-order valence-electron chi connectivity index (χ3n) is 2.78. The van der Waals surface area contributed by atoms with Gasteiger partial charge in [0, 0.05) is 10.0 Å². The number of carbonyl (C=O) groups is 1. The summed E-state index contributed by atoms with van der Waals surface area (Å²) < 4.78 is 14.5. The van der Waals surface area contributed by atoms with Gasteiger partial charge < -0.3 is 5.32 Å². The van der Waals surface area contributed by atoms with E-state index in [4.69, 9.17) is 5.26 Å². The van der Waals surface area contributed by atoms with Crippen LogP contribution in [0.5, 0.6) is 0 Å². The Kier molecular flexibility index (Phi) is 4.16. The molecule has 0 saturated carbocycles. The molecule has 0 radical (unpaired) electrons. The fourth-order valence-corrected chi connectivity index (χ4v) is 1.99. The molecular formula is C15H10BrFN2O. The molecule has 2 aromatic carbocycles. The van der Waals surface area contributed by atoms with E-state index < -0.39 is 11.7 Å². The second-order valence-corrected chi connectivity index (χ2v) is 5.08. The number of benzene rings is 2. The maximum Gasteiger partial charge on any atom is 0.255 e. The van der Waals surface area contributed by atoms with Gasteiger partial charge >= 0.3 is 0 Å². The zero-order valence-electron chi connectivity index (χ0n) is 10.6. The van der Waals surface area contributed by atoms with E-state index in [0.717, 1.165) is 16.1 Å². The summed E-state index contributed by atoms with van der Waals surface area (Å²) in [4.78, 5) is 12.0. The molecule has 0 saturated heterocycles. The summed E-state index contributed by atoms with van der Waals surface area (Å²) in [5, 5.41) is 11.1. The number of carbonyl (C=O) groups excluding carboxylic acids is 1. The van der Waals surface area contributed by atoms with E-state index in [9.17, 15) is 9.18 Å². The molecule has 20 heavy (non-hydrogen) atoms. The van der Waals surface area contributed by atoms with Crippen molar-refractivity contribution in [3.05, 3.63) is 63.4 Å². The molecule has 3 nitrogen and oxygen atoms in total. The molecule has 0 aliphatic heterocycles. The molecule has 0 fully saturated rings. The van der Waals surface area contributed by atoms with Crippen LogP contribution in [-0.4, -0.2) is 5.91 Å². The van der Waals surface area contributed by atoms with Crippen LogP contribution in [0.2, 0.25) is 0 Å². The summed E-state index contributed by atoms with van der Waals surface area (Å²) in [7, 11) is 0. The Balaban J connectivity index is 2.23. The van der Waals surface area contributed by atoms with Crippen molar-refractivity contribution in [3.63, 3.8) is 0 Å². The number of amides is 1. The molecule has 0 bridgehead atoms. The van der Waals surface area contributed by atoms with Gasteiger partial charge in [0.05, 0.1) is 17.3 Å². The number of aryl methyl sites for hydroxylation is 1. The topological polar surface area (TPSA) is 52.9 Å². The van der Waals surface area contributed by atoms with E-state index in [1.54, 1.807) is 18.2 Å². The van der Waals surface area contributed by atoms with Gasteiger partial charge in [0.1, 0.15) is 5.82 Å². The SMILES string of the molecule is Cc1ccc(C(=O)Nc2ccc(C#N)cc2F)cc1Br. The van der Waals surface area contributed by atoms with E-state index in [1.165, 1.54) is 12.1 Å². The lowest BCUT2D eigenvalue weighted by molar-refractivity contribution is 0.102. The average Bonchev–Trinajstić information content (AvgIpc) is 2.43. The van der Waals surface area contributed by atoms with E-state index in [-0.39, 0.29) is 11.3 Å². The van der Waals surface area contributed by atoms with Gasteiger partial charge in [-0.1, -0.05) is 22.0 Å². The fraction of sp³-hybridized carbons (Fsp3) is 0.0667. The first-order chi connectivity index (χ1) is 9.51.